The highest BCUT2D eigenvalue weighted by atomic mass is 16.5. The minimum atomic E-state index is -0.430. The van der Waals surface area contributed by atoms with Gasteiger partial charge in [0.15, 0.2) is 0 Å². The number of nitrogens with one attached hydrogen (secondary N) is 1. The second kappa shape index (κ2) is 6.96. The second-order valence-electron chi connectivity index (χ2n) is 6.97. The molecule has 1 fully saturated rings. The Balaban J connectivity index is 1.57. The number of fused-ring (bicyclic) bond motifs is 1. The lowest BCUT2D eigenvalue weighted by molar-refractivity contribution is -0.00751. The van der Waals surface area contributed by atoms with Gasteiger partial charge in [-0.3, -0.25) is 14.7 Å². The van der Waals surface area contributed by atoms with Crippen LogP contribution in [-0.4, -0.2) is 48.1 Å². The fraction of sp³-hybridized carbons (Fsp3) is 0.400. The minimum absolute atomic E-state index is 0.0959. The summed E-state index contributed by atoms with van der Waals surface area (Å²) in [5, 5.41) is 3.04. The molecule has 1 N–H and O–H groups in total. The lowest BCUT2D eigenvalue weighted by Gasteiger charge is -2.42. The number of aromatic nitrogens is 1. The summed E-state index contributed by atoms with van der Waals surface area (Å²) in [6, 6.07) is 11.3. The lowest BCUT2D eigenvalue weighted by Crippen LogP contribution is -2.56. The van der Waals surface area contributed by atoms with Gasteiger partial charge in [-0.05, 0) is 43.7 Å². The number of amides is 1. The van der Waals surface area contributed by atoms with Crippen LogP contribution in [-0.2, 0) is 6.54 Å². The number of hydrogen-bond donors (Lipinski definition) is 1. The van der Waals surface area contributed by atoms with Gasteiger partial charge >= 0.3 is 0 Å². The number of piperidine rings is 1. The molecule has 1 atom stereocenters. The normalized spacial score (nSPS) is 22.9. The van der Waals surface area contributed by atoms with E-state index in [1.54, 1.807) is 25.3 Å². The van der Waals surface area contributed by atoms with Crippen molar-refractivity contribution in [2.45, 2.75) is 25.0 Å². The molecule has 2 aliphatic heterocycles. The molecule has 0 aliphatic carbocycles. The van der Waals surface area contributed by atoms with Crippen LogP contribution in [0.1, 0.15) is 28.9 Å². The van der Waals surface area contributed by atoms with Gasteiger partial charge in [0.05, 0.1) is 24.9 Å². The molecular weight excluding hydrogens is 330 g/mol. The van der Waals surface area contributed by atoms with E-state index in [1.165, 1.54) is 0 Å². The van der Waals surface area contributed by atoms with Crippen LogP contribution in [0.25, 0.3) is 0 Å². The maximum absolute atomic E-state index is 12.4. The quantitative estimate of drug-likeness (QED) is 0.917. The number of hydrogen-bond acceptors (Lipinski definition) is 5. The van der Waals surface area contributed by atoms with E-state index in [0.717, 1.165) is 38.2 Å². The van der Waals surface area contributed by atoms with Crippen molar-refractivity contribution in [3.8, 4) is 11.5 Å². The van der Waals surface area contributed by atoms with Crippen LogP contribution in [0.2, 0.25) is 0 Å². The highest BCUT2D eigenvalue weighted by molar-refractivity contribution is 5.97. The van der Waals surface area contributed by atoms with E-state index in [2.05, 4.69) is 15.2 Å². The number of ether oxygens (including phenoxy) is 2. The van der Waals surface area contributed by atoms with Gasteiger partial charge in [0, 0.05) is 25.4 Å². The van der Waals surface area contributed by atoms with Crippen molar-refractivity contribution in [3.05, 3.63) is 53.9 Å². The van der Waals surface area contributed by atoms with Gasteiger partial charge in [-0.15, -0.1) is 0 Å². The molecule has 6 heteroatoms. The molecule has 0 radical (unpaired) electrons. The largest absolute Gasteiger partial charge is 0.497 e. The smallest absolute Gasteiger partial charge is 0.255 e. The molecule has 3 heterocycles. The average Bonchev–Trinajstić information content (AvgIpc) is 2.79. The molecule has 0 saturated carbocycles. The summed E-state index contributed by atoms with van der Waals surface area (Å²) < 4.78 is 11.7. The number of likely N-dealkylation sites (tertiary alicyclic amines) is 1. The van der Waals surface area contributed by atoms with E-state index in [-0.39, 0.29) is 5.91 Å². The van der Waals surface area contributed by atoms with Gasteiger partial charge in [0.2, 0.25) is 0 Å². The molecule has 1 spiro atoms. The molecule has 0 bridgehead atoms. The van der Waals surface area contributed by atoms with Gasteiger partial charge < -0.3 is 14.8 Å². The zero-order chi connectivity index (χ0) is 18.0. The van der Waals surface area contributed by atoms with Crippen molar-refractivity contribution in [1.29, 1.82) is 0 Å². The SMILES string of the molecule is COc1ccc2c(c1)O[C@]1(CCCN(Cc3ccccn3)C1)CNC2=O. The molecule has 6 nitrogen and oxygen atoms in total. The summed E-state index contributed by atoms with van der Waals surface area (Å²) in [5.41, 5.74) is 1.18. The van der Waals surface area contributed by atoms with Crippen molar-refractivity contribution in [1.82, 2.24) is 15.2 Å². The summed E-state index contributed by atoms with van der Waals surface area (Å²) in [4.78, 5) is 19.2. The van der Waals surface area contributed by atoms with E-state index in [9.17, 15) is 4.79 Å². The molecule has 136 valence electrons. The van der Waals surface area contributed by atoms with Crippen LogP contribution in [0.3, 0.4) is 0 Å². The summed E-state index contributed by atoms with van der Waals surface area (Å²) in [5.74, 6) is 1.19. The number of carbonyl (C=O) groups excluding carboxylic acids is 1. The van der Waals surface area contributed by atoms with Crippen LogP contribution in [0.5, 0.6) is 11.5 Å². The Morgan fingerprint density at radius 3 is 3.08 bits per heavy atom. The molecule has 1 saturated heterocycles. The maximum Gasteiger partial charge on any atom is 0.255 e. The maximum atomic E-state index is 12.4. The first kappa shape index (κ1) is 16.8. The zero-order valence-corrected chi connectivity index (χ0v) is 14.9. The number of methoxy groups -OCH3 is 1. The van der Waals surface area contributed by atoms with Crippen LogP contribution < -0.4 is 14.8 Å². The number of pyridine rings is 1. The van der Waals surface area contributed by atoms with Crippen LogP contribution >= 0.6 is 0 Å². The van der Waals surface area contributed by atoms with E-state index >= 15 is 0 Å². The van der Waals surface area contributed by atoms with Crippen LogP contribution in [0.15, 0.2) is 42.6 Å². The third-order valence-electron chi connectivity index (χ3n) is 5.06. The molecule has 1 aromatic carbocycles. The lowest BCUT2D eigenvalue weighted by atomic mass is 9.92. The standard InChI is InChI=1S/C20H23N3O3/c1-25-16-6-7-17-18(11-16)26-20(13-22-19(17)24)8-4-10-23(14-20)12-15-5-2-3-9-21-15/h2-3,5-7,9,11H,4,8,10,12-14H2,1H3,(H,22,24)/t20-/m1/s1. The van der Waals surface area contributed by atoms with Gasteiger partial charge in [0.1, 0.15) is 17.1 Å². The van der Waals surface area contributed by atoms with Crippen molar-refractivity contribution in [3.63, 3.8) is 0 Å². The zero-order valence-electron chi connectivity index (χ0n) is 14.9. The van der Waals surface area contributed by atoms with Gasteiger partial charge in [-0.1, -0.05) is 6.07 Å². The Labute approximate surface area is 153 Å². The summed E-state index contributed by atoms with van der Waals surface area (Å²) in [6.07, 6.45) is 3.74. The Bertz CT molecular complexity index is 796. The number of carbonyl (C=O) groups is 1. The van der Waals surface area contributed by atoms with Crippen molar-refractivity contribution < 1.29 is 14.3 Å². The Kier molecular flexibility index (Phi) is 4.51. The van der Waals surface area contributed by atoms with Crippen molar-refractivity contribution >= 4 is 5.91 Å². The van der Waals surface area contributed by atoms with Crippen molar-refractivity contribution in [2.75, 3.05) is 26.7 Å². The molecule has 1 aromatic heterocycles. The second-order valence-corrected chi connectivity index (χ2v) is 6.97. The molecule has 2 aliphatic rings. The number of rotatable bonds is 3. The van der Waals surface area contributed by atoms with Gasteiger partial charge in [0.25, 0.3) is 5.91 Å². The summed E-state index contributed by atoms with van der Waals surface area (Å²) >= 11 is 0. The highest BCUT2D eigenvalue weighted by Crippen LogP contribution is 2.34. The molecule has 26 heavy (non-hydrogen) atoms. The van der Waals surface area contributed by atoms with Crippen LogP contribution in [0.4, 0.5) is 0 Å². The predicted molar refractivity (Wildman–Crippen MR) is 97.4 cm³/mol. The highest BCUT2D eigenvalue weighted by Gasteiger charge is 2.41. The third-order valence-corrected chi connectivity index (χ3v) is 5.06. The topological polar surface area (TPSA) is 63.7 Å². The van der Waals surface area contributed by atoms with E-state index in [4.69, 9.17) is 9.47 Å². The fourth-order valence-electron chi connectivity index (χ4n) is 3.78. The molecule has 1 amide bonds. The first-order valence-corrected chi connectivity index (χ1v) is 8.95. The first-order valence-electron chi connectivity index (χ1n) is 8.95. The summed E-state index contributed by atoms with van der Waals surface area (Å²) in [6.45, 7) is 3.04. The molecule has 4 rings (SSSR count). The Morgan fingerprint density at radius 1 is 1.35 bits per heavy atom. The Morgan fingerprint density at radius 2 is 2.27 bits per heavy atom. The molecular formula is C20H23N3O3. The Hall–Kier alpha value is -2.60. The monoisotopic (exact) mass is 353 g/mol. The third kappa shape index (κ3) is 3.37. The van der Waals surface area contributed by atoms with Gasteiger partial charge in [-0.25, -0.2) is 0 Å². The van der Waals surface area contributed by atoms with Crippen LogP contribution in [0, 0.1) is 0 Å². The average molecular weight is 353 g/mol. The molecule has 0 unspecified atom stereocenters. The summed E-state index contributed by atoms with van der Waals surface area (Å²) in [7, 11) is 1.61. The molecule has 2 aromatic rings. The van der Waals surface area contributed by atoms with E-state index in [1.807, 2.05) is 24.4 Å². The fourth-order valence-corrected chi connectivity index (χ4v) is 3.78. The van der Waals surface area contributed by atoms with E-state index in [0.29, 0.717) is 23.6 Å². The van der Waals surface area contributed by atoms with E-state index < -0.39 is 5.60 Å². The first-order chi connectivity index (χ1) is 12.7. The van der Waals surface area contributed by atoms with Gasteiger partial charge in [-0.2, -0.15) is 0 Å². The number of nitrogens with zero attached hydrogens (tertiary/aromatic N) is 2. The predicted octanol–water partition coefficient (Wildman–Crippen LogP) is 2.25. The minimum Gasteiger partial charge on any atom is -0.497 e. The van der Waals surface area contributed by atoms with Crippen molar-refractivity contribution in [2.24, 2.45) is 0 Å². The number of benzene rings is 1.